The van der Waals surface area contributed by atoms with Crippen molar-refractivity contribution in [2.75, 3.05) is 13.2 Å². The zero-order valence-electron chi connectivity index (χ0n) is 54.6. The summed E-state index contributed by atoms with van der Waals surface area (Å²) in [5.41, 5.74) is 0. The largest absolute Gasteiger partial charge is 0.462 e. The van der Waals surface area contributed by atoms with Crippen LogP contribution in [0.2, 0.25) is 0 Å². The third kappa shape index (κ3) is 68.0. The second-order valence-electron chi connectivity index (χ2n) is 24.5. The molecular formula is C75H138O6. The van der Waals surface area contributed by atoms with Crippen molar-refractivity contribution in [3.05, 3.63) is 48.6 Å². The fourth-order valence-corrected chi connectivity index (χ4v) is 10.8. The first kappa shape index (κ1) is 78.4. The van der Waals surface area contributed by atoms with E-state index in [-0.39, 0.29) is 31.1 Å². The summed E-state index contributed by atoms with van der Waals surface area (Å²) < 4.78 is 16.9. The average molecular weight is 1140 g/mol. The zero-order valence-corrected chi connectivity index (χ0v) is 54.6. The van der Waals surface area contributed by atoms with E-state index in [0.29, 0.717) is 19.3 Å². The van der Waals surface area contributed by atoms with E-state index in [4.69, 9.17) is 14.2 Å². The molecule has 0 saturated heterocycles. The Morgan fingerprint density at radius 1 is 0.247 bits per heavy atom. The van der Waals surface area contributed by atoms with Crippen LogP contribution in [-0.2, 0) is 28.6 Å². The van der Waals surface area contributed by atoms with Crippen molar-refractivity contribution in [2.45, 2.75) is 399 Å². The van der Waals surface area contributed by atoms with Crippen LogP contribution < -0.4 is 0 Å². The molecule has 6 nitrogen and oxygen atoms in total. The van der Waals surface area contributed by atoms with Gasteiger partial charge in [0.25, 0.3) is 0 Å². The van der Waals surface area contributed by atoms with Crippen LogP contribution >= 0.6 is 0 Å². The molecule has 0 rings (SSSR count). The number of hydrogen-bond acceptors (Lipinski definition) is 6. The van der Waals surface area contributed by atoms with Crippen molar-refractivity contribution >= 4 is 17.9 Å². The third-order valence-corrected chi connectivity index (χ3v) is 16.3. The minimum Gasteiger partial charge on any atom is -0.462 e. The Kier molecular flexibility index (Phi) is 67.6. The molecule has 0 radical (unpaired) electrons. The maximum atomic E-state index is 12.9. The highest BCUT2D eigenvalue weighted by molar-refractivity contribution is 5.71. The van der Waals surface area contributed by atoms with Crippen LogP contribution in [0.1, 0.15) is 393 Å². The molecule has 0 aromatic rings. The van der Waals surface area contributed by atoms with E-state index in [0.717, 1.165) is 77.0 Å². The summed E-state index contributed by atoms with van der Waals surface area (Å²) in [6.07, 6.45) is 88.8. The van der Waals surface area contributed by atoms with Crippen LogP contribution in [0.3, 0.4) is 0 Å². The van der Waals surface area contributed by atoms with Gasteiger partial charge in [-0.05, 0) is 103 Å². The van der Waals surface area contributed by atoms with Crippen molar-refractivity contribution in [1.82, 2.24) is 0 Å². The number of unbranched alkanes of at least 4 members (excludes halogenated alkanes) is 48. The van der Waals surface area contributed by atoms with Gasteiger partial charge in [0.15, 0.2) is 6.10 Å². The van der Waals surface area contributed by atoms with E-state index in [9.17, 15) is 14.4 Å². The number of carbonyl (C=O) groups is 3. The number of allylic oxidation sites excluding steroid dienone is 8. The first-order valence-electron chi connectivity index (χ1n) is 36.1. The van der Waals surface area contributed by atoms with Crippen molar-refractivity contribution in [3.63, 3.8) is 0 Å². The van der Waals surface area contributed by atoms with E-state index in [1.54, 1.807) is 0 Å². The molecule has 0 aliphatic carbocycles. The van der Waals surface area contributed by atoms with Crippen LogP contribution in [0, 0.1) is 0 Å². The summed E-state index contributed by atoms with van der Waals surface area (Å²) >= 11 is 0. The summed E-state index contributed by atoms with van der Waals surface area (Å²) in [6.45, 7) is 6.65. The van der Waals surface area contributed by atoms with E-state index in [1.807, 2.05) is 0 Å². The normalized spacial score (nSPS) is 12.3. The molecule has 0 aromatic carbocycles. The van der Waals surface area contributed by atoms with Crippen molar-refractivity contribution < 1.29 is 28.6 Å². The van der Waals surface area contributed by atoms with Crippen LogP contribution in [0.25, 0.3) is 0 Å². The third-order valence-electron chi connectivity index (χ3n) is 16.3. The van der Waals surface area contributed by atoms with Crippen LogP contribution in [-0.4, -0.2) is 37.2 Å². The summed E-state index contributed by atoms with van der Waals surface area (Å²) in [5.74, 6) is -0.868. The molecule has 1 unspecified atom stereocenters. The monoisotopic (exact) mass is 1140 g/mol. The van der Waals surface area contributed by atoms with Crippen LogP contribution in [0.15, 0.2) is 48.6 Å². The second-order valence-corrected chi connectivity index (χ2v) is 24.5. The van der Waals surface area contributed by atoms with Gasteiger partial charge in [-0.2, -0.15) is 0 Å². The Bertz CT molecular complexity index is 1400. The van der Waals surface area contributed by atoms with Gasteiger partial charge in [0.2, 0.25) is 0 Å². The first-order valence-corrected chi connectivity index (χ1v) is 36.1. The van der Waals surface area contributed by atoms with E-state index >= 15 is 0 Å². The molecule has 0 N–H and O–H groups in total. The Labute approximate surface area is 505 Å². The Balaban J connectivity index is 4.06. The van der Waals surface area contributed by atoms with Gasteiger partial charge in [0.05, 0.1) is 0 Å². The number of hydrogen-bond donors (Lipinski definition) is 0. The highest BCUT2D eigenvalue weighted by atomic mass is 16.6. The number of carbonyl (C=O) groups excluding carboxylic acids is 3. The second kappa shape index (κ2) is 69.9. The number of ether oxygens (including phenoxy) is 3. The van der Waals surface area contributed by atoms with Gasteiger partial charge in [0.1, 0.15) is 13.2 Å². The van der Waals surface area contributed by atoms with E-state index in [1.165, 1.54) is 276 Å². The standard InChI is InChI=1S/C75H138O6/c1-4-7-10-13-16-19-22-25-28-29-30-31-32-33-34-35-36-37-38-39-40-41-42-43-44-45-46-47-48-51-53-56-59-62-65-68-74(77)80-71-72(81-75(78)69-66-63-60-57-54-50-27-24-21-18-15-12-9-6-3)70-79-73(76)67-64-61-58-55-52-49-26-23-20-17-14-11-8-5-2/h22-27,29-30,72H,4-21,28,31-71H2,1-3H3/b25-22-,26-23-,27-24-,30-29-. The smallest absolute Gasteiger partial charge is 0.306 e. The maximum absolute atomic E-state index is 12.9. The SMILES string of the molecule is CCCCCCC/C=C\C/C=C\CCCCCCCCCCCCCCCCCCCCCCCCCC(=O)OCC(COC(=O)CCCCCCC/C=C\CCCCCCC)OC(=O)CCCCCCC/C=C\CCCCCCC. The van der Waals surface area contributed by atoms with Gasteiger partial charge in [-0.25, -0.2) is 0 Å². The minimum atomic E-state index is -0.779. The van der Waals surface area contributed by atoms with Gasteiger partial charge >= 0.3 is 17.9 Å². The fraction of sp³-hybridized carbons (Fsp3) is 0.853. The molecule has 0 heterocycles. The van der Waals surface area contributed by atoms with Gasteiger partial charge in [-0.1, -0.05) is 320 Å². The predicted molar refractivity (Wildman–Crippen MR) is 353 cm³/mol. The lowest BCUT2D eigenvalue weighted by Crippen LogP contribution is -2.30. The molecule has 0 saturated carbocycles. The number of esters is 3. The maximum Gasteiger partial charge on any atom is 0.306 e. The summed E-state index contributed by atoms with van der Waals surface area (Å²) in [6, 6.07) is 0. The molecule has 0 aliphatic heterocycles. The molecule has 0 bridgehead atoms. The minimum absolute atomic E-state index is 0.0744. The van der Waals surface area contributed by atoms with Crippen LogP contribution in [0.4, 0.5) is 0 Å². The fourth-order valence-electron chi connectivity index (χ4n) is 10.8. The Morgan fingerprint density at radius 3 is 0.691 bits per heavy atom. The van der Waals surface area contributed by atoms with Crippen molar-refractivity contribution in [2.24, 2.45) is 0 Å². The molecule has 81 heavy (non-hydrogen) atoms. The Morgan fingerprint density at radius 2 is 0.444 bits per heavy atom. The first-order chi connectivity index (χ1) is 40.0. The quantitative estimate of drug-likeness (QED) is 0.0261. The molecule has 0 spiro atoms. The van der Waals surface area contributed by atoms with E-state index < -0.39 is 6.10 Å². The van der Waals surface area contributed by atoms with E-state index in [2.05, 4.69) is 69.4 Å². The molecule has 474 valence electrons. The highest BCUT2D eigenvalue weighted by Gasteiger charge is 2.19. The molecule has 0 aliphatic rings. The Hall–Kier alpha value is -2.63. The van der Waals surface area contributed by atoms with Crippen molar-refractivity contribution in [3.8, 4) is 0 Å². The molecule has 0 fully saturated rings. The molecular weight excluding hydrogens is 997 g/mol. The molecule has 0 amide bonds. The summed E-state index contributed by atoms with van der Waals surface area (Å²) in [5, 5.41) is 0. The lowest BCUT2D eigenvalue weighted by molar-refractivity contribution is -0.167. The molecule has 1 atom stereocenters. The summed E-state index contributed by atoms with van der Waals surface area (Å²) in [4.78, 5) is 38.3. The van der Waals surface area contributed by atoms with Gasteiger partial charge < -0.3 is 14.2 Å². The van der Waals surface area contributed by atoms with Crippen LogP contribution in [0.5, 0.6) is 0 Å². The summed E-state index contributed by atoms with van der Waals surface area (Å²) in [7, 11) is 0. The van der Waals surface area contributed by atoms with Gasteiger partial charge in [-0.15, -0.1) is 0 Å². The van der Waals surface area contributed by atoms with Crippen molar-refractivity contribution in [1.29, 1.82) is 0 Å². The highest BCUT2D eigenvalue weighted by Crippen LogP contribution is 2.18. The zero-order chi connectivity index (χ0) is 58.5. The van der Waals surface area contributed by atoms with Gasteiger partial charge in [0, 0.05) is 19.3 Å². The van der Waals surface area contributed by atoms with Gasteiger partial charge in [-0.3, -0.25) is 14.4 Å². The lowest BCUT2D eigenvalue weighted by Gasteiger charge is -2.18. The molecule has 0 aromatic heterocycles. The number of rotatable bonds is 67. The average Bonchev–Trinajstić information content (AvgIpc) is 3.47. The molecule has 6 heteroatoms. The lowest BCUT2D eigenvalue weighted by atomic mass is 10.0. The topological polar surface area (TPSA) is 78.9 Å². The predicted octanol–water partition coefficient (Wildman–Crippen LogP) is 24.9.